The van der Waals surface area contributed by atoms with Gasteiger partial charge in [0.2, 0.25) is 0 Å². The SMILES string of the molecule is Cc1cc(-c2ccccc2)c2ccc3c4c(ccc1c24)=CC(C(C)(C)C)C3. The van der Waals surface area contributed by atoms with Crippen molar-refractivity contribution in [2.24, 2.45) is 11.3 Å². The standard InChI is InChI=1S/C27H26/c1-17-14-24(18-8-6-5-7-9-18)23-13-11-20-16-21(27(2,3)4)15-19-10-12-22(17)26(23)25(19)20/h5-15,21H,16H2,1-4H3. The Morgan fingerprint density at radius 1 is 0.815 bits per heavy atom. The summed E-state index contributed by atoms with van der Waals surface area (Å²) >= 11 is 0. The normalized spacial score (nSPS) is 16.7. The predicted octanol–water partition coefficient (Wildman–Crippen LogP) is 6.69. The van der Waals surface area contributed by atoms with Crippen molar-refractivity contribution in [3.8, 4) is 11.1 Å². The van der Waals surface area contributed by atoms with Gasteiger partial charge in [-0.3, -0.25) is 0 Å². The lowest BCUT2D eigenvalue weighted by molar-refractivity contribution is 0.306. The number of rotatable bonds is 1. The molecule has 0 amide bonds. The largest absolute Gasteiger partial charge is 0.0727 e. The molecule has 0 saturated heterocycles. The second kappa shape index (κ2) is 5.70. The van der Waals surface area contributed by atoms with Crippen molar-refractivity contribution in [1.82, 2.24) is 0 Å². The van der Waals surface area contributed by atoms with Crippen LogP contribution < -0.4 is 5.22 Å². The Balaban J connectivity index is 1.91. The smallest absolute Gasteiger partial charge is 0.00213 e. The molecule has 0 N–H and O–H groups in total. The number of benzene rings is 4. The quantitative estimate of drug-likeness (QED) is 0.359. The van der Waals surface area contributed by atoms with Gasteiger partial charge in [-0.25, -0.2) is 0 Å². The van der Waals surface area contributed by atoms with Crippen LogP contribution in [0.1, 0.15) is 31.9 Å². The highest BCUT2D eigenvalue weighted by atomic mass is 14.3. The molecule has 0 aliphatic heterocycles. The zero-order valence-corrected chi connectivity index (χ0v) is 16.6. The van der Waals surface area contributed by atoms with Crippen LogP contribution in [0.5, 0.6) is 0 Å². The predicted molar refractivity (Wildman–Crippen MR) is 118 cm³/mol. The monoisotopic (exact) mass is 350 g/mol. The fraction of sp³-hybridized carbons (Fsp3) is 0.259. The van der Waals surface area contributed by atoms with Crippen LogP contribution in [0.15, 0.2) is 60.7 Å². The molecule has 4 aromatic rings. The highest BCUT2D eigenvalue weighted by Gasteiger charge is 2.27. The average Bonchev–Trinajstić information content (AvgIpc) is 2.66. The third-order valence-corrected chi connectivity index (χ3v) is 6.37. The highest BCUT2D eigenvalue weighted by Crippen LogP contribution is 2.40. The van der Waals surface area contributed by atoms with Gasteiger partial charge in [-0.1, -0.05) is 87.5 Å². The van der Waals surface area contributed by atoms with E-state index in [1.54, 1.807) is 0 Å². The molecular weight excluding hydrogens is 324 g/mol. The number of hydrogen-bond acceptors (Lipinski definition) is 0. The van der Waals surface area contributed by atoms with Crippen molar-refractivity contribution < 1.29 is 0 Å². The molecule has 4 aromatic carbocycles. The Labute approximate surface area is 161 Å². The zero-order valence-electron chi connectivity index (χ0n) is 16.6. The van der Waals surface area contributed by atoms with Crippen LogP contribution >= 0.6 is 0 Å². The molecule has 0 heteroatoms. The molecule has 0 spiro atoms. The second-order valence-corrected chi connectivity index (χ2v) is 9.17. The van der Waals surface area contributed by atoms with Gasteiger partial charge in [0.25, 0.3) is 0 Å². The molecule has 0 aromatic heterocycles. The Hall–Kier alpha value is -2.60. The van der Waals surface area contributed by atoms with Crippen LogP contribution in [0.25, 0.3) is 38.7 Å². The minimum Gasteiger partial charge on any atom is -0.0727 e. The number of hydrogen-bond donors (Lipinski definition) is 0. The summed E-state index contributed by atoms with van der Waals surface area (Å²) < 4.78 is 0. The van der Waals surface area contributed by atoms with Crippen molar-refractivity contribution in [3.63, 3.8) is 0 Å². The van der Waals surface area contributed by atoms with Gasteiger partial charge in [-0.05, 0) is 73.7 Å². The summed E-state index contributed by atoms with van der Waals surface area (Å²) in [6.45, 7) is 9.32. The molecule has 0 saturated carbocycles. The van der Waals surface area contributed by atoms with Crippen LogP contribution in [0.3, 0.4) is 0 Å². The molecule has 0 radical (unpaired) electrons. The van der Waals surface area contributed by atoms with E-state index in [4.69, 9.17) is 0 Å². The van der Waals surface area contributed by atoms with E-state index in [9.17, 15) is 0 Å². The van der Waals surface area contributed by atoms with Crippen molar-refractivity contribution in [2.75, 3.05) is 0 Å². The van der Waals surface area contributed by atoms with Gasteiger partial charge in [0.15, 0.2) is 0 Å². The van der Waals surface area contributed by atoms with E-state index in [0.29, 0.717) is 5.92 Å². The first-order valence-electron chi connectivity index (χ1n) is 9.98. The highest BCUT2D eigenvalue weighted by molar-refractivity contribution is 6.17. The molecule has 0 nitrogen and oxygen atoms in total. The molecular formula is C27H26. The molecule has 1 aliphatic carbocycles. The maximum absolute atomic E-state index is 2.52. The fourth-order valence-electron chi connectivity index (χ4n) is 4.75. The van der Waals surface area contributed by atoms with Crippen LogP contribution in [0, 0.1) is 18.3 Å². The minimum atomic E-state index is 0.287. The van der Waals surface area contributed by atoms with Crippen LogP contribution in [0.2, 0.25) is 0 Å². The van der Waals surface area contributed by atoms with Crippen molar-refractivity contribution in [1.29, 1.82) is 0 Å². The van der Waals surface area contributed by atoms with Crippen molar-refractivity contribution >= 4 is 27.6 Å². The summed E-state index contributed by atoms with van der Waals surface area (Å²) in [6, 6.07) is 22.6. The number of aryl methyl sites for hydroxylation is 1. The average molecular weight is 351 g/mol. The minimum absolute atomic E-state index is 0.287. The summed E-state index contributed by atoms with van der Waals surface area (Å²) in [5, 5.41) is 7.12. The molecule has 1 atom stereocenters. The van der Waals surface area contributed by atoms with E-state index in [0.717, 1.165) is 6.42 Å². The maximum atomic E-state index is 2.52. The van der Waals surface area contributed by atoms with E-state index < -0.39 is 0 Å². The molecule has 0 bridgehead atoms. The molecule has 0 fully saturated rings. The first kappa shape index (κ1) is 16.6. The molecule has 0 heterocycles. The van der Waals surface area contributed by atoms with Crippen LogP contribution in [0.4, 0.5) is 0 Å². The maximum Gasteiger partial charge on any atom is -0.00213 e. The van der Waals surface area contributed by atoms with Crippen molar-refractivity contribution in [3.05, 3.63) is 77.0 Å². The van der Waals surface area contributed by atoms with Gasteiger partial charge >= 0.3 is 0 Å². The summed E-state index contributed by atoms with van der Waals surface area (Å²) in [5.74, 6) is 0.585. The Morgan fingerprint density at radius 3 is 2.30 bits per heavy atom. The van der Waals surface area contributed by atoms with Crippen LogP contribution in [-0.4, -0.2) is 0 Å². The Kier molecular flexibility index (Phi) is 3.49. The molecule has 5 rings (SSSR count). The molecule has 1 unspecified atom stereocenters. The Bertz CT molecular complexity index is 1220. The third-order valence-electron chi connectivity index (χ3n) is 6.37. The Morgan fingerprint density at radius 2 is 1.56 bits per heavy atom. The zero-order chi connectivity index (χ0) is 18.8. The molecule has 27 heavy (non-hydrogen) atoms. The summed E-state index contributed by atoms with van der Waals surface area (Å²) in [6.07, 6.45) is 3.66. The lowest BCUT2D eigenvalue weighted by atomic mass is 9.73. The van der Waals surface area contributed by atoms with Crippen LogP contribution in [-0.2, 0) is 6.42 Å². The summed E-state index contributed by atoms with van der Waals surface area (Å²) in [7, 11) is 0. The van der Waals surface area contributed by atoms with Crippen molar-refractivity contribution in [2.45, 2.75) is 34.1 Å². The lowest BCUT2D eigenvalue weighted by Crippen LogP contribution is -2.26. The second-order valence-electron chi connectivity index (χ2n) is 9.17. The van der Waals surface area contributed by atoms with E-state index in [2.05, 4.69) is 94.4 Å². The van der Waals surface area contributed by atoms with Gasteiger partial charge < -0.3 is 0 Å². The third kappa shape index (κ3) is 2.51. The van der Waals surface area contributed by atoms with Gasteiger partial charge in [-0.15, -0.1) is 0 Å². The summed E-state index contributed by atoms with van der Waals surface area (Å²) in [4.78, 5) is 0. The van der Waals surface area contributed by atoms with Gasteiger partial charge in [0.05, 0.1) is 0 Å². The first-order valence-corrected chi connectivity index (χ1v) is 9.98. The van der Waals surface area contributed by atoms with Gasteiger partial charge in [0, 0.05) is 0 Å². The van der Waals surface area contributed by atoms with E-state index in [1.165, 1.54) is 49.0 Å². The summed E-state index contributed by atoms with van der Waals surface area (Å²) in [5.41, 5.74) is 5.81. The fourth-order valence-corrected chi connectivity index (χ4v) is 4.75. The van der Waals surface area contributed by atoms with E-state index in [1.807, 2.05) is 0 Å². The van der Waals surface area contributed by atoms with E-state index in [-0.39, 0.29) is 5.41 Å². The molecule has 134 valence electrons. The van der Waals surface area contributed by atoms with E-state index >= 15 is 0 Å². The van der Waals surface area contributed by atoms with Gasteiger partial charge in [-0.2, -0.15) is 0 Å². The molecule has 1 aliphatic rings. The lowest BCUT2D eigenvalue weighted by Gasteiger charge is -2.31. The van der Waals surface area contributed by atoms with Gasteiger partial charge in [0.1, 0.15) is 0 Å². The first-order chi connectivity index (χ1) is 12.9. The topological polar surface area (TPSA) is 0 Å².